The van der Waals surface area contributed by atoms with Crippen molar-refractivity contribution in [3.8, 4) is 0 Å². The first-order chi connectivity index (χ1) is 9.08. The van der Waals surface area contributed by atoms with Crippen molar-refractivity contribution in [3.05, 3.63) is 59.4 Å². The number of pyridine rings is 1. The lowest BCUT2D eigenvalue weighted by atomic mass is 9.93. The second-order valence-electron chi connectivity index (χ2n) is 4.68. The van der Waals surface area contributed by atoms with Crippen molar-refractivity contribution in [1.82, 2.24) is 4.98 Å². The van der Waals surface area contributed by atoms with Crippen LogP contribution in [0.5, 0.6) is 0 Å². The molecule has 3 nitrogen and oxygen atoms in total. The monoisotopic (exact) mass is 276 g/mol. The Bertz CT molecular complexity index is 529. The van der Waals surface area contributed by atoms with Crippen LogP contribution in [0.3, 0.4) is 0 Å². The molecule has 1 unspecified atom stereocenters. The van der Waals surface area contributed by atoms with Gasteiger partial charge in [0.1, 0.15) is 5.15 Å². The Balaban J connectivity index is 1.92. The minimum atomic E-state index is -0.842. The number of anilines is 1. The molecule has 0 aliphatic carbocycles. The second kappa shape index (κ2) is 6.04. The molecule has 100 valence electrons. The van der Waals surface area contributed by atoms with E-state index in [-0.39, 0.29) is 0 Å². The highest BCUT2D eigenvalue weighted by Crippen LogP contribution is 2.24. The molecule has 4 heteroatoms. The first kappa shape index (κ1) is 13.8. The summed E-state index contributed by atoms with van der Waals surface area (Å²) in [5, 5.41) is 14.1. The molecule has 0 saturated heterocycles. The third-order valence-corrected chi connectivity index (χ3v) is 3.27. The van der Waals surface area contributed by atoms with Gasteiger partial charge in [-0.2, -0.15) is 0 Å². The standard InChI is InChI=1S/C15H17ClN2O/c1-15(19,12-5-3-2-4-6-12)8-10-17-13-7-9-18-14(16)11-13/h2-7,9,11,19H,8,10H2,1H3,(H,17,18). The molecule has 0 bridgehead atoms. The number of hydrogen-bond acceptors (Lipinski definition) is 3. The van der Waals surface area contributed by atoms with Crippen LogP contribution >= 0.6 is 11.6 Å². The van der Waals surface area contributed by atoms with Gasteiger partial charge in [0.05, 0.1) is 5.60 Å². The van der Waals surface area contributed by atoms with E-state index in [1.807, 2.05) is 43.3 Å². The van der Waals surface area contributed by atoms with Gasteiger partial charge in [0, 0.05) is 18.4 Å². The zero-order valence-electron chi connectivity index (χ0n) is 10.8. The van der Waals surface area contributed by atoms with Gasteiger partial charge in [-0.1, -0.05) is 41.9 Å². The number of aromatic nitrogens is 1. The van der Waals surface area contributed by atoms with Crippen LogP contribution in [0.2, 0.25) is 5.15 Å². The minimum Gasteiger partial charge on any atom is -0.385 e. The minimum absolute atomic E-state index is 0.458. The van der Waals surface area contributed by atoms with Crippen molar-refractivity contribution in [2.45, 2.75) is 18.9 Å². The summed E-state index contributed by atoms with van der Waals surface area (Å²) in [5.74, 6) is 0. The first-order valence-corrected chi connectivity index (χ1v) is 6.59. The lowest BCUT2D eigenvalue weighted by molar-refractivity contribution is 0.0515. The second-order valence-corrected chi connectivity index (χ2v) is 5.07. The Morgan fingerprint density at radius 2 is 2.00 bits per heavy atom. The van der Waals surface area contributed by atoms with Crippen LogP contribution in [0, 0.1) is 0 Å². The number of hydrogen-bond donors (Lipinski definition) is 2. The molecule has 0 fully saturated rings. The van der Waals surface area contributed by atoms with E-state index in [9.17, 15) is 5.11 Å². The molecule has 0 amide bonds. The zero-order valence-corrected chi connectivity index (χ0v) is 11.6. The van der Waals surface area contributed by atoms with Gasteiger partial charge in [0.15, 0.2) is 0 Å². The molecule has 1 aromatic carbocycles. The van der Waals surface area contributed by atoms with Gasteiger partial charge in [-0.05, 0) is 31.0 Å². The molecule has 0 saturated carbocycles. The van der Waals surface area contributed by atoms with Crippen LogP contribution in [-0.4, -0.2) is 16.6 Å². The van der Waals surface area contributed by atoms with Gasteiger partial charge >= 0.3 is 0 Å². The van der Waals surface area contributed by atoms with E-state index in [1.165, 1.54) is 0 Å². The molecule has 0 aliphatic heterocycles. The molecule has 1 aromatic heterocycles. The number of nitrogens with zero attached hydrogens (tertiary/aromatic N) is 1. The van der Waals surface area contributed by atoms with Crippen molar-refractivity contribution in [1.29, 1.82) is 0 Å². The number of halogens is 1. The van der Waals surface area contributed by atoms with E-state index >= 15 is 0 Å². The van der Waals surface area contributed by atoms with Crippen molar-refractivity contribution >= 4 is 17.3 Å². The van der Waals surface area contributed by atoms with Gasteiger partial charge in [-0.25, -0.2) is 4.98 Å². The van der Waals surface area contributed by atoms with Gasteiger partial charge in [-0.15, -0.1) is 0 Å². The molecule has 2 N–H and O–H groups in total. The molecule has 1 atom stereocenters. The lowest BCUT2D eigenvalue weighted by Crippen LogP contribution is -2.24. The quantitative estimate of drug-likeness (QED) is 0.822. The molecule has 0 spiro atoms. The maximum absolute atomic E-state index is 10.4. The zero-order chi connectivity index (χ0) is 13.7. The van der Waals surface area contributed by atoms with E-state index in [0.29, 0.717) is 18.1 Å². The number of aliphatic hydroxyl groups is 1. The van der Waals surface area contributed by atoms with Crippen LogP contribution in [0.1, 0.15) is 18.9 Å². The Kier molecular flexibility index (Phi) is 4.40. The van der Waals surface area contributed by atoms with Gasteiger partial charge in [0.25, 0.3) is 0 Å². The molecular weight excluding hydrogens is 260 g/mol. The molecule has 2 aromatic rings. The molecule has 1 heterocycles. The molecule has 0 aliphatic rings. The Hall–Kier alpha value is -1.58. The summed E-state index contributed by atoms with van der Waals surface area (Å²) in [6.07, 6.45) is 2.26. The molecular formula is C15H17ClN2O. The topological polar surface area (TPSA) is 45.1 Å². The fourth-order valence-corrected chi connectivity index (χ4v) is 2.08. The highest BCUT2D eigenvalue weighted by molar-refractivity contribution is 6.29. The Labute approximate surface area is 118 Å². The van der Waals surface area contributed by atoms with Crippen molar-refractivity contribution in [2.24, 2.45) is 0 Å². The summed E-state index contributed by atoms with van der Waals surface area (Å²) in [5.41, 5.74) is 0.985. The van der Waals surface area contributed by atoms with Crippen LogP contribution in [0.25, 0.3) is 0 Å². The first-order valence-electron chi connectivity index (χ1n) is 6.21. The van der Waals surface area contributed by atoms with E-state index in [4.69, 9.17) is 11.6 Å². The van der Waals surface area contributed by atoms with Gasteiger partial charge < -0.3 is 10.4 Å². The maximum atomic E-state index is 10.4. The van der Waals surface area contributed by atoms with Crippen LogP contribution in [0.15, 0.2) is 48.7 Å². The Morgan fingerprint density at radius 3 is 2.68 bits per heavy atom. The van der Waals surface area contributed by atoms with E-state index < -0.39 is 5.60 Å². The summed E-state index contributed by atoms with van der Waals surface area (Å²) in [6, 6.07) is 13.3. The molecule has 19 heavy (non-hydrogen) atoms. The van der Waals surface area contributed by atoms with Crippen LogP contribution in [-0.2, 0) is 5.60 Å². The van der Waals surface area contributed by atoms with Crippen LogP contribution < -0.4 is 5.32 Å². The largest absolute Gasteiger partial charge is 0.385 e. The molecule has 2 rings (SSSR count). The molecule has 0 radical (unpaired) electrons. The Morgan fingerprint density at radius 1 is 1.26 bits per heavy atom. The third kappa shape index (κ3) is 3.94. The average Bonchev–Trinajstić information content (AvgIpc) is 2.40. The fraction of sp³-hybridized carbons (Fsp3) is 0.267. The van der Waals surface area contributed by atoms with Gasteiger partial charge in [-0.3, -0.25) is 0 Å². The summed E-state index contributed by atoms with van der Waals surface area (Å²) in [6.45, 7) is 2.48. The number of rotatable bonds is 5. The summed E-state index contributed by atoms with van der Waals surface area (Å²) < 4.78 is 0. The number of nitrogens with one attached hydrogen (secondary N) is 1. The summed E-state index contributed by atoms with van der Waals surface area (Å²) in [4.78, 5) is 3.92. The van der Waals surface area contributed by atoms with Gasteiger partial charge in [0.2, 0.25) is 0 Å². The maximum Gasteiger partial charge on any atom is 0.131 e. The fourth-order valence-electron chi connectivity index (χ4n) is 1.90. The highest BCUT2D eigenvalue weighted by atomic mass is 35.5. The van der Waals surface area contributed by atoms with E-state index in [0.717, 1.165) is 11.3 Å². The van der Waals surface area contributed by atoms with Crippen molar-refractivity contribution < 1.29 is 5.11 Å². The van der Waals surface area contributed by atoms with Crippen molar-refractivity contribution in [2.75, 3.05) is 11.9 Å². The summed E-state index contributed by atoms with van der Waals surface area (Å²) >= 11 is 5.81. The lowest BCUT2D eigenvalue weighted by Gasteiger charge is -2.24. The third-order valence-electron chi connectivity index (χ3n) is 3.06. The summed E-state index contributed by atoms with van der Waals surface area (Å²) in [7, 11) is 0. The predicted octanol–water partition coefficient (Wildman–Crippen LogP) is 3.44. The number of benzene rings is 1. The normalized spacial score (nSPS) is 13.8. The average molecular weight is 277 g/mol. The van der Waals surface area contributed by atoms with E-state index in [1.54, 1.807) is 12.3 Å². The van der Waals surface area contributed by atoms with Crippen LogP contribution in [0.4, 0.5) is 5.69 Å². The smallest absolute Gasteiger partial charge is 0.131 e. The SMILES string of the molecule is CC(O)(CCNc1ccnc(Cl)c1)c1ccccc1. The van der Waals surface area contributed by atoms with Crippen molar-refractivity contribution in [3.63, 3.8) is 0 Å². The predicted molar refractivity (Wildman–Crippen MR) is 78.4 cm³/mol. The van der Waals surface area contributed by atoms with E-state index in [2.05, 4.69) is 10.3 Å². The highest BCUT2D eigenvalue weighted by Gasteiger charge is 2.21.